The average molecular weight is 402 g/mol. The summed E-state index contributed by atoms with van der Waals surface area (Å²) in [6, 6.07) is 18.8. The maximum atomic E-state index is 12.5. The van der Waals surface area contributed by atoms with E-state index in [1.807, 2.05) is 48.5 Å². The van der Waals surface area contributed by atoms with Crippen LogP contribution in [0, 0.1) is 0 Å². The van der Waals surface area contributed by atoms with Crippen LogP contribution in [-0.2, 0) is 10.2 Å². The summed E-state index contributed by atoms with van der Waals surface area (Å²) in [7, 11) is 1.60. The second kappa shape index (κ2) is 9.27. The van der Waals surface area contributed by atoms with Crippen LogP contribution in [0.25, 0.3) is 6.08 Å². The predicted octanol–water partition coefficient (Wildman–Crippen LogP) is 5.83. The third kappa shape index (κ3) is 5.26. The molecule has 154 valence electrons. The molecular formula is C25H26N2O3. The van der Waals surface area contributed by atoms with Gasteiger partial charge in [-0.25, -0.2) is 4.98 Å². The van der Waals surface area contributed by atoms with Crippen LogP contribution in [0.5, 0.6) is 17.4 Å². The SMILES string of the molecule is COc1ccccc1C=CC(=O)Nc1cccnc1Oc1ccccc1C(C)(C)C. The number of nitrogens with one attached hydrogen (secondary N) is 1. The molecule has 5 heteroatoms. The zero-order valence-corrected chi connectivity index (χ0v) is 17.7. The van der Waals surface area contributed by atoms with E-state index in [2.05, 4.69) is 31.1 Å². The summed E-state index contributed by atoms with van der Waals surface area (Å²) >= 11 is 0. The van der Waals surface area contributed by atoms with E-state index in [0.717, 1.165) is 11.1 Å². The summed E-state index contributed by atoms with van der Waals surface area (Å²) < 4.78 is 11.4. The van der Waals surface area contributed by atoms with Gasteiger partial charge in [-0.1, -0.05) is 57.2 Å². The lowest BCUT2D eigenvalue weighted by atomic mass is 9.86. The Bertz CT molecular complexity index is 1050. The van der Waals surface area contributed by atoms with Crippen LogP contribution in [-0.4, -0.2) is 18.0 Å². The highest BCUT2D eigenvalue weighted by Crippen LogP contribution is 2.35. The first kappa shape index (κ1) is 21.1. The van der Waals surface area contributed by atoms with E-state index in [1.54, 1.807) is 31.5 Å². The van der Waals surface area contributed by atoms with Crippen LogP contribution >= 0.6 is 0 Å². The number of pyridine rings is 1. The Kier molecular flexibility index (Phi) is 6.52. The minimum atomic E-state index is -0.289. The highest BCUT2D eigenvalue weighted by atomic mass is 16.5. The Labute approximate surface area is 177 Å². The van der Waals surface area contributed by atoms with E-state index in [1.165, 1.54) is 6.08 Å². The van der Waals surface area contributed by atoms with Gasteiger partial charge in [0.2, 0.25) is 11.8 Å². The molecule has 3 aromatic rings. The van der Waals surface area contributed by atoms with E-state index in [0.29, 0.717) is 23.1 Å². The average Bonchev–Trinajstić information content (AvgIpc) is 2.73. The van der Waals surface area contributed by atoms with Gasteiger partial charge in [-0.3, -0.25) is 4.79 Å². The number of ether oxygens (including phenoxy) is 2. The molecule has 0 fully saturated rings. The highest BCUT2D eigenvalue weighted by Gasteiger charge is 2.20. The van der Waals surface area contributed by atoms with E-state index >= 15 is 0 Å². The van der Waals surface area contributed by atoms with Crippen molar-refractivity contribution in [2.24, 2.45) is 0 Å². The molecule has 30 heavy (non-hydrogen) atoms. The number of rotatable bonds is 6. The lowest BCUT2D eigenvalue weighted by molar-refractivity contribution is -0.111. The first-order chi connectivity index (χ1) is 14.4. The molecule has 1 amide bonds. The Morgan fingerprint density at radius 1 is 0.967 bits per heavy atom. The Balaban J connectivity index is 1.80. The fourth-order valence-corrected chi connectivity index (χ4v) is 2.99. The van der Waals surface area contributed by atoms with Crippen LogP contribution in [0.2, 0.25) is 0 Å². The number of para-hydroxylation sites is 2. The van der Waals surface area contributed by atoms with Crippen molar-refractivity contribution in [3.63, 3.8) is 0 Å². The second-order valence-corrected chi connectivity index (χ2v) is 7.77. The maximum absolute atomic E-state index is 12.5. The van der Waals surface area contributed by atoms with Gasteiger partial charge in [-0.15, -0.1) is 0 Å². The Hall–Kier alpha value is -3.60. The number of nitrogens with zero attached hydrogens (tertiary/aromatic N) is 1. The summed E-state index contributed by atoms with van der Waals surface area (Å²) in [4.78, 5) is 16.8. The minimum absolute atomic E-state index is 0.0910. The Morgan fingerprint density at radius 2 is 1.67 bits per heavy atom. The minimum Gasteiger partial charge on any atom is -0.496 e. The van der Waals surface area contributed by atoms with E-state index in [-0.39, 0.29) is 11.3 Å². The first-order valence-corrected chi connectivity index (χ1v) is 9.73. The van der Waals surface area contributed by atoms with Crippen LogP contribution in [0.1, 0.15) is 31.9 Å². The van der Waals surface area contributed by atoms with Crippen molar-refractivity contribution in [3.8, 4) is 17.4 Å². The standard InChI is InChI=1S/C25H26N2O3/c1-25(2,3)19-11-6-8-14-22(19)30-24-20(12-9-17-26-24)27-23(28)16-15-18-10-5-7-13-21(18)29-4/h5-17H,1-4H3,(H,27,28). The fraction of sp³-hybridized carbons (Fsp3) is 0.200. The molecule has 5 nitrogen and oxygen atoms in total. The van der Waals surface area contributed by atoms with Gasteiger partial charge >= 0.3 is 0 Å². The fourth-order valence-electron chi connectivity index (χ4n) is 2.99. The number of hydrogen-bond acceptors (Lipinski definition) is 4. The summed E-state index contributed by atoms with van der Waals surface area (Å²) in [6.45, 7) is 6.37. The summed E-state index contributed by atoms with van der Waals surface area (Å²) in [5.41, 5.74) is 2.28. The second-order valence-electron chi connectivity index (χ2n) is 7.77. The van der Waals surface area contributed by atoms with Gasteiger partial charge in [0.1, 0.15) is 17.2 Å². The van der Waals surface area contributed by atoms with Gasteiger partial charge in [0.05, 0.1) is 7.11 Å². The van der Waals surface area contributed by atoms with Crippen molar-refractivity contribution in [2.75, 3.05) is 12.4 Å². The van der Waals surface area contributed by atoms with Crippen molar-refractivity contribution in [1.29, 1.82) is 0 Å². The molecule has 0 saturated heterocycles. The Morgan fingerprint density at radius 3 is 2.40 bits per heavy atom. The number of carbonyl (C=O) groups excluding carboxylic acids is 1. The highest BCUT2D eigenvalue weighted by molar-refractivity contribution is 6.02. The van der Waals surface area contributed by atoms with Gasteiger partial charge in [0.15, 0.2) is 0 Å². The number of aromatic nitrogens is 1. The smallest absolute Gasteiger partial charge is 0.248 e. The summed E-state index contributed by atoms with van der Waals surface area (Å²) in [5.74, 6) is 1.46. The third-order valence-electron chi connectivity index (χ3n) is 4.48. The number of amides is 1. The van der Waals surface area contributed by atoms with Crippen molar-refractivity contribution in [2.45, 2.75) is 26.2 Å². The van der Waals surface area contributed by atoms with Crippen LogP contribution in [0.15, 0.2) is 72.9 Å². The molecule has 0 aliphatic rings. The predicted molar refractivity (Wildman–Crippen MR) is 120 cm³/mol. The van der Waals surface area contributed by atoms with Crippen molar-refractivity contribution in [3.05, 3.63) is 84.1 Å². The quantitative estimate of drug-likeness (QED) is 0.527. The summed E-state index contributed by atoms with van der Waals surface area (Å²) in [6.07, 6.45) is 4.80. The monoisotopic (exact) mass is 402 g/mol. The largest absolute Gasteiger partial charge is 0.496 e. The van der Waals surface area contributed by atoms with E-state index < -0.39 is 0 Å². The molecule has 0 aliphatic carbocycles. The van der Waals surface area contributed by atoms with Crippen LogP contribution in [0.3, 0.4) is 0 Å². The van der Waals surface area contributed by atoms with Crippen LogP contribution in [0.4, 0.5) is 5.69 Å². The molecule has 2 aromatic carbocycles. The molecule has 0 aliphatic heterocycles. The van der Waals surface area contributed by atoms with Crippen molar-refractivity contribution in [1.82, 2.24) is 4.98 Å². The zero-order chi connectivity index (χ0) is 21.6. The van der Waals surface area contributed by atoms with Crippen molar-refractivity contribution < 1.29 is 14.3 Å². The molecule has 0 spiro atoms. The van der Waals surface area contributed by atoms with Crippen molar-refractivity contribution >= 4 is 17.7 Å². The molecule has 1 heterocycles. The number of anilines is 1. The molecule has 0 saturated carbocycles. The molecule has 1 N–H and O–H groups in total. The molecule has 0 radical (unpaired) electrons. The molecule has 0 unspecified atom stereocenters. The summed E-state index contributed by atoms with van der Waals surface area (Å²) in [5, 5.41) is 2.84. The van der Waals surface area contributed by atoms with E-state index in [9.17, 15) is 4.79 Å². The maximum Gasteiger partial charge on any atom is 0.248 e. The first-order valence-electron chi connectivity index (χ1n) is 9.73. The number of benzene rings is 2. The number of carbonyl (C=O) groups is 1. The lowest BCUT2D eigenvalue weighted by Crippen LogP contribution is -2.13. The van der Waals surface area contributed by atoms with E-state index in [4.69, 9.17) is 9.47 Å². The molecule has 0 bridgehead atoms. The molecule has 0 atom stereocenters. The normalized spacial score (nSPS) is 11.3. The number of hydrogen-bond donors (Lipinski definition) is 1. The van der Waals surface area contributed by atoms with Gasteiger partial charge < -0.3 is 14.8 Å². The zero-order valence-electron chi connectivity index (χ0n) is 17.7. The lowest BCUT2D eigenvalue weighted by Gasteiger charge is -2.22. The molecule has 1 aromatic heterocycles. The van der Waals surface area contributed by atoms with Gasteiger partial charge in [-0.2, -0.15) is 0 Å². The number of methoxy groups -OCH3 is 1. The van der Waals surface area contributed by atoms with Gasteiger partial charge in [-0.05, 0) is 35.8 Å². The topological polar surface area (TPSA) is 60.5 Å². The molecular weight excluding hydrogens is 376 g/mol. The molecule has 3 rings (SSSR count). The third-order valence-corrected chi connectivity index (χ3v) is 4.48. The van der Waals surface area contributed by atoms with Gasteiger partial charge in [0, 0.05) is 23.4 Å². The van der Waals surface area contributed by atoms with Gasteiger partial charge in [0.25, 0.3) is 0 Å². The van der Waals surface area contributed by atoms with Crippen LogP contribution < -0.4 is 14.8 Å².